The summed E-state index contributed by atoms with van der Waals surface area (Å²) in [4.78, 5) is 15.4. The average molecular weight is 548 g/mol. The molecule has 0 fully saturated rings. The predicted octanol–water partition coefficient (Wildman–Crippen LogP) is 7.32. The lowest BCUT2D eigenvalue weighted by Gasteiger charge is -2.09. The second kappa shape index (κ2) is 11.6. The SMILES string of the molecule is CCn1c(SCC(=O)Nc2sc3c(c2C#N)CCCCCC3)nnc1-c1csc(C)c1-c1ccccc1. The lowest BCUT2D eigenvalue weighted by Crippen LogP contribution is -2.14. The minimum absolute atomic E-state index is 0.126. The number of carbonyl (C=O) groups is 1. The third-order valence-electron chi connectivity index (χ3n) is 6.68. The molecule has 1 N–H and O–H groups in total. The van der Waals surface area contributed by atoms with E-state index in [0.29, 0.717) is 17.1 Å². The Morgan fingerprint density at radius 2 is 1.95 bits per heavy atom. The summed E-state index contributed by atoms with van der Waals surface area (Å²) < 4.78 is 2.07. The molecule has 1 amide bonds. The number of aromatic nitrogens is 3. The average Bonchev–Trinajstić information content (AvgIpc) is 3.57. The van der Waals surface area contributed by atoms with E-state index >= 15 is 0 Å². The molecule has 6 nitrogen and oxygen atoms in total. The highest BCUT2D eigenvalue weighted by atomic mass is 32.2. The van der Waals surface area contributed by atoms with Crippen LogP contribution in [0.1, 0.15) is 53.5 Å². The molecule has 9 heteroatoms. The lowest BCUT2D eigenvalue weighted by molar-refractivity contribution is -0.113. The summed E-state index contributed by atoms with van der Waals surface area (Å²) in [5, 5.41) is 25.4. The van der Waals surface area contributed by atoms with Crippen LogP contribution in [-0.4, -0.2) is 26.4 Å². The zero-order valence-electron chi connectivity index (χ0n) is 21.0. The van der Waals surface area contributed by atoms with Crippen LogP contribution in [0.2, 0.25) is 0 Å². The van der Waals surface area contributed by atoms with E-state index in [1.165, 1.54) is 39.9 Å². The molecule has 1 aliphatic rings. The predicted molar refractivity (Wildman–Crippen MR) is 153 cm³/mol. The molecule has 190 valence electrons. The van der Waals surface area contributed by atoms with Crippen LogP contribution < -0.4 is 5.32 Å². The highest BCUT2D eigenvalue weighted by Gasteiger charge is 2.22. The number of nitriles is 1. The standard InChI is InChI=1S/C28H29N5OS3/c1-3-33-26(22-16-35-18(2)25(22)19-11-7-6-8-12-19)31-32-28(33)36-17-24(34)30-27-21(15-29)20-13-9-4-5-10-14-23(20)37-27/h6-8,11-12,16H,3-5,9-10,13-14,17H2,1-2H3,(H,30,34). The largest absolute Gasteiger partial charge is 0.316 e. The van der Waals surface area contributed by atoms with Crippen molar-refractivity contribution in [2.24, 2.45) is 0 Å². The molecule has 3 aromatic heterocycles. The maximum atomic E-state index is 12.9. The maximum absolute atomic E-state index is 12.9. The molecule has 0 bridgehead atoms. The van der Waals surface area contributed by atoms with Crippen molar-refractivity contribution in [3.05, 3.63) is 56.6 Å². The zero-order chi connectivity index (χ0) is 25.8. The number of aryl methyl sites for hydroxylation is 2. The minimum atomic E-state index is -0.126. The van der Waals surface area contributed by atoms with Crippen molar-refractivity contribution in [1.29, 1.82) is 5.26 Å². The van der Waals surface area contributed by atoms with Crippen LogP contribution in [0, 0.1) is 18.3 Å². The summed E-state index contributed by atoms with van der Waals surface area (Å²) in [5.41, 5.74) is 5.20. The van der Waals surface area contributed by atoms with E-state index < -0.39 is 0 Å². The summed E-state index contributed by atoms with van der Waals surface area (Å²) in [6.07, 6.45) is 6.61. The third kappa shape index (κ3) is 5.37. The number of anilines is 1. The Bertz CT molecular complexity index is 1440. The summed E-state index contributed by atoms with van der Waals surface area (Å²) in [5.74, 6) is 0.900. The van der Waals surface area contributed by atoms with Gasteiger partial charge in [-0.1, -0.05) is 54.9 Å². The first-order chi connectivity index (χ1) is 18.1. The molecule has 0 unspecified atom stereocenters. The first-order valence-corrected chi connectivity index (χ1v) is 15.3. The molecule has 37 heavy (non-hydrogen) atoms. The number of hydrogen-bond donors (Lipinski definition) is 1. The van der Waals surface area contributed by atoms with Crippen LogP contribution in [0.15, 0.2) is 40.9 Å². The summed E-state index contributed by atoms with van der Waals surface area (Å²) in [6, 6.07) is 12.7. The Kier molecular flexibility index (Phi) is 8.08. The van der Waals surface area contributed by atoms with Gasteiger partial charge < -0.3 is 9.88 Å². The smallest absolute Gasteiger partial charge is 0.235 e. The topological polar surface area (TPSA) is 83.6 Å². The fourth-order valence-corrected chi connectivity index (χ4v) is 7.80. The summed E-state index contributed by atoms with van der Waals surface area (Å²) in [6.45, 7) is 4.90. The molecule has 1 aromatic carbocycles. The van der Waals surface area contributed by atoms with Gasteiger partial charge in [-0.3, -0.25) is 4.79 Å². The van der Waals surface area contributed by atoms with Crippen LogP contribution in [0.4, 0.5) is 5.00 Å². The molecule has 0 radical (unpaired) electrons. The van der Waals surface area contributed by atoms with E-state index in [1.807, 2.05) is 18.2 Å². The molecule has 0 atom stereocenters. The molecule has 0 spiro atoms. The number of thiophene rings is 2. The molecule has 0 aliphatic heterocycles. The van der Waals surface area contributed by atoms with Gasteiger partial charge in [-0.2, -0.15) is 5.26 Å². The van der Waals surface area contributed by atoms with E-state index in [-0.39, 0.29) is 11.7 Å². The molecule has 3 heterocycles. The maximum Gasteiger partial charge on any atom is 0.235 e. The van der Waals surface area contributed by atoms with Gasteiger partial charge in [0.1, 0.15) is 11.1 Å². The lowest BCUT2D eigenvalue weighted by atomic mass is 9.97. The quantitative estimate of drug-likeness (QED) is 0.245. The summed E-state index contributed by atoms with van der Waals surface area (Å²) in [7, 11) is 0. The van der Waals surface area contributed by atoms with Crippen molar-refractivity contribution in [3.8, 4) is 28.6 Å². The number of nitrogens with one attached hydrogen (secondary N) is 1. The third-order valence-corrected chi connectivity index (χ3v) is 9.77. The molecule has 4 aromatic rings. The number of amides is 1. The Hall–Kier alpha value is -2.93. The van der Waals surface area contributed by atoms with Crippen LogP contribution in [0.3, 0.4) is 0 Å². The van der Waals surface area contributed by atoms with Crippen molar-refractivity contribution in [1.82, 2.24) is 14.8 Å². The van der Waals surface area contributed by atoms with Gasteiger partial charge >= 0.3 is 0 Å². The number of rotatable bonds is 7. The number of benzene rings is 1. The van der Waals surface area contributed by atoms with Gasteiger partial charge in [-0.15, -0.1) is 32.9 Å². The van der Waals surface area contributed by atoms with E-state index in [9.17, 15) is 10.1 Å². The highest BCUT2D eigenvalue weighted by Crippen LogP contribution is 2.39. The van der Waals surface area contributed by atoms with Gasteiger partial charge in [-0.05, 0) is 50.7 Å². The van der Waals surface area contributed by atoms with Crippen molar-refractivity contribution >= 4 is 45.3 Å². The molecule has 0 saturated carbocycles. The van der Waals surface area contributed by atoms with Crippen molar-refractivity contribution < 1.29 is 4.79 Å². The first-order valence-electron chi connectivity index (χ1n) is 12.6. The normalized spacial score (nSPS) is 13.4. The van der Waals surface area contributed by atoms with Crippen LogP contribution in [0.25, 0.3) is 22.5 Å². The number of fused-ring (bicyclic) bond motifs is 1. The fourth-order valence-electron chi connectivity index (χ4n) is 4.88. The van der Waals surface area contributed by atoms with E-state index in [4.69, 9.17) is 0 Å². The highest BCUT2D eigenvalue weighted by molar-refractivity contribution is 7.99. The van der Waals surface area contributed by atoms with Gasteiger partial charge in [0.15, 0.2) is 11.0 Å². The molecular formula is C28H29N5OS3. The Balaban J connectivity index is 1.33. The molecular weight excluding hydrogens is 519 g/mol. The van der Waals surface area contributed by atoms with Crippen LogP contribution >= 0.6 is 34.4 Å². The fraction of sp³-hybridized carbons (Fsp3) is 0.357. The van der Waals surface area contributed by atoms with Crippen molar-refractivity contribution in [2.45, 2.75) is 64.1 Å². The number of thioether (sulfide) groups is 1. The second-order valence-corrected chi connectivity index (χ2v) is 12.2. The van der Waals surface area contributed by atoms with Gasteiger partial charge in [-0.25, -0.2) is 0 Å². The van der Waals surface area contributed by atoms with Gasteiger partial charge in [0.05, 0.1) is 11.3 Å². The minimum Gasteiger partial charge on any atom is -0.316 e. The van der Waals surface area contributed by atoms with Gasteiger partial charge in [0.25, 0.3) is 0 Å². The van der Waals surface area contributed by atoms with Crippen molar-refractivity contribution in [2.75, 3.05) is 11.1 Å². The molecule has 1 aliphatic carbocycles. The monoisotopic (exact) mass is 547 g/mol. The number of nitrogens with zero attached hydrogens (tertiary/aromatic N) is 4. The van der Waals surface area contributed by atoms with Crippen LogP contribution in [-0.2, 0) is 24.2 Å². The Morgan fingerprint density at radius 3 is 2.70 bits per heavy atom. The first kappa shape index (κ1) is 25.7. The summed E-state index contributed by atoms with van der Waals surface area (Å²) >= 11 is 4.66. The Morgan fingerprint density at radius 1 is 1.16 bits per heavy atom. The van der Waals surface area contributed by atoms with Crippen LogP contribution in [0.5, 0.6) is 0 Å². The van der Waals surface area contributed by atoms with E-state index in [0.717, 1.165) is 53.4 Å². The van der Waals surface area contributed by atoms with Gasteiger partial charge in [0, 0.05) is 32.8 Å². The number of carbonyl (C=O) groups excluding carboxylic acids is 1. The van der Waals surface area contributed by atoms with Gasteiger partial charge in [0.2, 0.25) is 5.91 Å². The van der Waals surface area contributed by atoms with E-state index in [1.54, 1.807) is 22.7 Å². The second-order valence-electron chi connectivity index (χ2n) is 9.07. The number of hydrogen-bond acceptors (Lipinski definition) is 7. The Labute approximate surface area is 229 Å². The molecule has 5 rings (SSSR count). The zero-order valence-corrected chi connectivity index (χ0v) is 23.5. The molecule has 0 saturated heterocycles. The van der Waals surface area contributed by atoms with E-state index in [2.05, 4.69) is 57.5 Å². The van der Waals surface area contributed by atoms with Crippen molar-refractivity contribution in [3.63, 3.8) is 0 Å².